The standard InChI is InChI=1S/C8H5NO6/c10-6-2-1-4(9(14)15)3-5(6)7(11)8(12)13/h1-3,10H,(H,12,13). The molecule has 0 saturated carbocycles. The first-order valence-electron chi connectivity index (χ1n) is 3.68. The minimum Gasteiger partial charge on any atom is -0.507 e. The van der Waals surface area contributed by atoms with Crippen LogP contribution in [-0.2, 0) is 4.79 Å². The van der Waals surface area contributed by atoms with Crippen molar-refractivity contribution >= 4 is 17.4 Å². The second-order valence-electron chi connectivity index (χ2n) is 2.59. The van der Waals surface area contributed by atoms with E-state index in [1.54, 1.807) is 0 Å². The first-order valence-corrected chi connectivity index (χ1v) is 3.68. The number of Topliss-reactive ketones (excluding diaryl/α,β-unsaturated/α-hetero) is 1. The zero-order chi connectivity index (χ0) is 11.6. The normalized spacial score (nSPS) is 9.60. The molecule has 0 radical (unpaired) electrons. The number of carboxylic acids is 1. The van der Waals surface area contributed by atoms with Crippen LogP contribution in [0.15, 0.2) is 18.2 Å². The summed E-state index contributed by atoms with van der Waals surface area (Å²) in [5.41, 5.74) is -1.06. The Morgan fingerprint density at radius 3 is 2.40 bits per heavy atom. The number of aromatic hydroxyl groups is 1. The van der Waals surface area contributed by atoms with Crippen molar-refractivity contribution in [3.63, 3.8) is 0 Å². The Morgan fingerprint density at radius 2 is 1.93 bits per heavy atom. The summed E-state index contributed by atoms with van der Waals surface area (Å²) in [5.74, 6) is -3.78. The lowest BCUT2D eigenvalue weighted by atomic mass is 10.1. The number of carboxylic acid groups (broad SMARTS) is 1. The van der Waals surface area contributed by atoms with Gasteiger partial charge in [0.2, 0.25) is 0 Å². The van der Waals surface area contributed by atoms with E-state index in [9.17, 15) is 19.7 Å². The number of ketones is 1. The van der Waals surface area contributed by atoms with Crippen LogP contribution in [0, 0.1) is 10.1 Å². The molecule has 0 aliphatic heterocycles. The fourth-order valence-corrected chi connectivity index (χ4v) is 0.935. The van der Waals surface area contributed by atoms with E-state index in [2.05, 4.69) is 0 Å². The van der Waals surface area contributed by atoms with Crippen molar-refractivity contribution in [3.8, 4) is 5.75 Å². The van der Waals surface area contributed by atoms with Gasteiger partial charge in [-0.3, -0.25) is 14.9 Å². The molecule has 7 nitrogen and oxygen atoms in total. The average Bonchev–Trinajstić information content (AvgIpc) is 2.16. The number of nitro groups is 1. The van der Waals surface area contributed by atoms with Crippen molar-refractivity contribution in [2.45, 2.75) is 0 Å². The highest BCUT2D eigenvalue weighted by Crippen LogP contribution is 2.23. The molecule has 78 valence electrons. The highest BCUT2D eigenvalue weighted by atomic mass is 16.6. The number of non-ortho nitro benzene ring substituents is 1. The van der Waals surface area contributed by atoms with E-state index in [4.69, 9.17) is 10.2 Å². The van der Waals surface area contributed by atoms with Crippen LogP contribution in [0.5, 0.6) is 5.75 Å². The highest BCUT2D eigenvalue weighted by Gasteiger charge is 2.21. The molecule has 0 amide bonds. The van der Waals surface area contributed by atoms with Crippen molar-refractivity contribution in [2.24, 2.45) is 0 Å². The van der Waals surface area contributed by atoms with Crippen molar-refractivity contribution in [2.75, 3.05) is 0 Å². The molecule has 1 aromatic rings. The molecular formula is C8H5NO6. The molecule has 2 N–H and O–H groups in total. The van der Waals surface area contributed by atoms with E-state index < -0.39 is 33.7 Å². The Kier molecular flexibility index (Phi) is 2.65. The number of nitrogens with zero attached hydrogens (tertiary/aromatic N) is 1. The molecule has 15 heavy (non-hydrogen) atoms. The number of nitro benzene ring substituents is 1. The third kappa shape index (κ3) is 2.08. The zero-order valence-electron chi connectivity index (χ0n) is 7.21. The molecule has 0 saturated heterocycles. The van der Waals surface area contributed by atoms with Crippen molar-refractivity contribution in [1.29, 1.82) is 0 Å². The minimum absolute atomic E-state index is 0.461. The molecule has 1 aromatic carbocycles. The number of phenols is 1. The minimum atomic E-state index is -1.79. The topological polar surface area (TPSA) is 118 Å². The van der Waals surface area contributed by atoms with Crippen LogP contribution < -0.4 is 0 Å². The maximum absolute atomic E-state index is 11.0. The lowest BCUT2D eigenvalue weighted by Gasteiger charge is -1.99. The number of benzene rings is 1. The van der Waals surface area contributed by atoms with Crippen LogP contribution in [0.25, 0.3) is 0 Å². The number of phenolic OH excluding ortho intramolecular Hbond substituents is 1. The van der Waals surface area contributed by atoms with Crippen LogP contribution >= 0.6 is 0 Å². The van der Waals surface area contributed by atoms with Gasteiger partial charge in [0.15, 0.2) is 0 Å². The second-order valence-corrected chi connectivity index (χ2v) is 2.59. The van der Waals surface area contributed by atoms with Crippen molar-refractivity contribution < 1.29 is 24.7 Å². The largest absolute Gasteiger partial charge is 0.507 e. The predicted molar refractivity (Wildman–Crippen MR) is 46.7 cm³/mol. The van der Waals surface area contributed by atoms with Gasteiger partial charge in [0.05, 0.1) is 10.5 Å². The second kappa shape index (κ2) is 3.74. The molecule has 0 unspecified atom stereocenters. The summed E-state index contributed by atoms with van der Waals surface area (Å²) in [6, 6.07) is 2.58. The van der Waals surface area contributed by atoms with Gasteiger partial charge in [-0.2, -0.15) is 0 Å². The van der Waals surface area contributed by atoms with Gasteiger partial charge in [-0.15, -0.1) is 0 Å². The van der Waals surface area contributed by atoms with Gasteiger partial charge < -0.3 is 10.2 Å². The van der Waals surface area contributed by atoms with Gasteiger partial charge >= 0.3 is 5.97 Å². The summed E-state index contributed by atoms with van der Waals surface area (Å²) >= 11 is 0. The molecule has 0 heterocycles. The van der Waals surface area contributed by atoms with E-state index in [0.29, 0.717) is 6.07 Å². The number of carbonyl (C=O) groups is 2. The Morgan fingerprint density at radius 1 is 1.33 bits per heavy atom. The van der Waals surface area contributed by atoms with Crippen LogP contribution in [-0.4, -0.2) is 26.9 Å². The molecule has 0 spiro atoms. The summed E-state index contributed by atoms with van der Waals surface area (Å²) in [5, 5.41) is 27.8. The molecule has 1 rings (SSSR count). The van der Waals surface area contributed by atoms with Gasteiger partial charge in [0.25, 0.3) is 11.5 Å². The number of carbonyl (C=O) groups excluding carboxylic acids is 1. The van der Waals surface area contributed by atoms with Crippen molar-refractivity contribution in [1.82, 2.24) is 0 Å². The summed E-state index contributed by atoms with van der Waals surface area (Å²) in [4.78, 5) is 30.8. The summed E-state index contributed by atoms with van der Waals surface area (Å²) in [6.07, 6.45) is 0. The first kappa shape index (κ1) is 10.6. The predicted octanol–water partition coefficient (Wildman–Crippen LogP) is 0.568. The van der Waals surface area contributed by atoms with Gasteiger partial charge in [0.1, 0.15) is 5.75 Å². The quantitative estimate of drug-likeness (QED) is 0.326. The van der Waals surface area contributed by atoms with E-state index >= 15 is 0 Å². The fourth-order valence-electron chi connectivity index (χ4n) is 0.935. The van der Waals surface area contributed by atoms with Crippen LogP contribution in [0.4, 0.5) is 5.69 Å². The summed E-state index contributed by atoms with van der Waals surface area (Å²) in [7, 11) is 0. The molecule has 7 heteroatoms. The summed E-state index contributed by atoms with van der Waals surface area (Å²) < 4.78 is 0. The molecular weight excluding hydrogens is 206 g/mol. The monoisotopic (exact) mass is 211 g/mol. The Hall–Kier alpha value is -2.44. The smallest absolute Gasteiger partial charge is 0.377 e. The Bertz CT molecular complexity index is 452. The molecule has 0 bridgehead atoms. The van der Waals surface area contributed by atoms with E-state index in [1.807, 2.05) is 0 Å². The van der Waals surface area contributed by atoms with Crippen LogP contribution in [0.3, 0.4) is 0 Å². The number of hydrogen-bond acceptors (Lipinski definition) is 5. The molecule has 0 atom stereocenters. The molecule has 0 aliphatic rings. The maximum Gasteiger partial charge on any atom is 0.377 e. The lowest BCUT2D eigenvalue weighted by molar-refractivity contribution is -0.384. The van der Waals surface area contributed by atoms with Crippen molar-refractivity contribution in [3.05, 3.63) is 33.9 Å². The SMILES string of the molecule is O=C(O)C(=O)c1cc([N+](=O)[O-])ccc1O. The zero-order valence-corrected chi connectivity index (χ0v) is 7.21. The average molecular weight is 211 g/mol. The number of rotatable bonds is 3. The molecule has 0 fully saturated rings. The first-order chi connectivity index (χ1) is 6.93. The van der Waals surface area contributed by atoms with E-state index in [-0.39, 0.29) is 0 Å². The maximum atomic E-state index is 11.0. The van der Waals surface area contributed by atoms with Gasteiger partial charge in [-0.25, -0.2) is 4.79 Å². The molecule has 0 aliphatic carbocycles. The Balaban J connectivity index is 3.28. The van der Waals surface area contributed by atoms with Gasteiger partial charge in [0, 0.05) is 12.1 Å². The van der Waals surface area contributed by atoms with E-state index in [1.165, 1.54) is 0 Å². The van der Waals surface area contributed by atoms with E-state index in [0.717, 1.165) is 12.1 Å². The Labute approximate surface area is 82.7 Å². The van der Waals surface area contributed by atoms with Crippen LogP contribution in [0.2, 0.25) is 0 Å². The fraction of sp³-hybridized carbons (Fsp3) is 0. The summed E-state index contributed by atoms with van der Waals surface area (Å²) in [6.45, 7) is 0. The van der Waals surface area contributed by atoms with Gasteiger partial charge in [-0.05, 0) is 6.07 Å². The third-order valence-electron chi connectivity index (χ3n) is 1.63. The highest BCUT2D eigenvalue weighted by molar-refractivity contribution is 6.40. The van der Waals surface area contributed by atoms with Gasteiger partial charge in [-0.1, -0.05) is 0 Å². The number of hydrogen-bond donors (Lipinski definition) is 2. The number of aliphatic carboxylic acids is 1. The third-order valence-corrected chi connectivity index (χ3v) is 1.63. The lowest BCUT2D eigenvalue weighted by Crippen LogP contribution is -2.13. The van der Waals surface area contributed by atoms with Crippen LogP contribution in [0.1, 0.15) is 10.4 Å². The molecule has 0 aromatic heterocycles.